The Balaban J connectivity index is 0.00000208. The van der Waals surface area contributed by atoms with Gasteiger partial charge >= 0.3 is 5.69 Å². The van der Waals surface area contributed by atoms with E-state index in [2.05, 4.69) is 10.0 Å². The first-order valence-electron chi connectivity index (χ1n) is 7.26. The topological polar surface area (TPSA) is 94.4 Å². The lowest BCUT2D eigenvalue weighted by Crippen LogP contribution is -2.43. The highest BCUT2D eigenvalue weighted by Gasteiger charge is 2.31. The maximum Gasteiger partial charge on any atom is 0.328 e. The number of halogens is 1. The normalized spacial score (nSPS) is 21.1. The quantitative estimate of drug-likeness (QED) is 0.754. The number of aromatic nitrogens is 2. The lowest BCUT2D eigenvalue weighted by molar-refractivity contribution is 0.103. The molecule has 2 aromatic rings. The lowest BCUT2D eigenvalue weighted by Gasteiger charge is -2.18. The van der Waals surface area contributed by atoms with Gasteiger partial charge in [-0.15, -0.1) is 12.4 Å². The molecule has 1 saturated heterocycles. The Hall–Kier alpha value is -1.39. The summed E-state index contributed by atoms with van der Waals surface area (Å²) in [4.78, 5) is 12.1. The van der Waals surface area contributed by atoms with Gasteiger partial charge in [0.1, 0.15) is 0 Å². The molecule has 24 heavy (non-hydrogen) atoms. The molecule has 0 saturated carbocycles. The fourth-order valence-electron chi connectivity index (χ4n) is 2.94. The zero-order valence-corrected chi connectivity index (χ0v) is 15.3. The van der Waals surface area contributed by atoms with Gasteiger partial charge in [-0.25, -0.2) is 17.9 Å². The van der Waals surface area contributed by atoms with E-state index in [1.165, 1.54) is 21.3 Å². The predicted molar refractivity (Wildman–Crippen MR) is 93.2 cm³/mol. The Kier molecular flexibility index (Phi) is 5.41. The summed E-state index contributed by atoms with van der Waals surface area (Å²) in [6, 6.07) is 4.35. The number of sulfonamides is 1. The standard InChI is InChI=1S/C14H20N4O4S.ClH/c1-17-11-5-4-9(6-12(11)18(2)14(17)19)23(20,21)16-10-7-15-8-13(10)22-3;/h4-6,10,13,15-16H,7-8H2,1-3H3;1H/t10-,13-;/m0./s1. The van der Waals surface area contributed by atoms with Gasteiger partial charge in [0.2, 0.25) is 10.0 Å². The van der Waals surface area contributed by atoms with Crippen LogP contribution < -0.4 is 15.7 Å². The summed E-state index contributed by atoms with van der Waals surface area (Å²) in [5.41, 5.74) is 1.07. The van der Waals surface area contributed by atoms with Crippen LogP contribution in [-0.2, 0) is 28.9 Å². The molecule has 0 radical (unpaired) electrons. The minimum absolute atomic E-state index is 0. The van der Waals surface area contributed by atoms with Crippen LogP contribution in [0.1, 0.15) is 0 Å². The molecule has 2 N–H and O–H groups in total. The molecule has 2 atom stereocenters. The highest BCUT2D eigenvalue weighted by Crippen LogP contribution is 2.18. The van der Waals surface area contributed by atoms with Crippen molar-refractivity contribution in [2.75, 3.05) is 20.2 Å². The largest absolute Gasteiger partial charge is 0.378 e. The van der Waals surface area contributed by atoms with Gasteiger partial charge in [-0.05, 0) is 18.2 Å². The van der Waals surface area contributed by atoms with Crippen LogP contribution in [0.3, 0.4) is 0 Å². The molecule has 10 heteroatoms. The Morgan fingerprint density at radius 1 is 1.21 bits per heavy atom. The van der Waals surface area contributed by atoms with Crippen LogP contribution in [0.2, 0.25) is 0 Å². The number of nitrogens with zero attached hydrogens (tertiary/aromatic N) is 2. The fraction of sp³-hybridized carbons (Fsp3) is 0.500. The molecule has 1 aliphatic heterocycles. The third-order valence-corrected chi connectivity index (χ3v) is 5.81. The van der Waals surface area contributed by atoms with E-state index in [9.17, 15) is 13.2 Å². The second-order valence-corrected chi connectivity index (χ2v) is 7.43. The molecule has 1 aromatic heterocycles. The lowest BCUT2D eigenvalue weighted by atomic mass is 10.2. The number of aryl methyl sites for hydroxylation is 2. The summed E-state index contributed by atoms with van der Waals surface area (Å²) in [5, 5.41) is 3.10. The van der Waals surface area contributed by atoms with E-state index in [-0.39, 0.29) is 35.1 Å². The summed E-state index contributed by atoms with van der Waals surface area (Å²) in [6.45, 7) is 1.12. The molecule has 1 aromatic carbocycles. The number of imidazole rings is 1. The fourth-order valence-corrected chi connectivity index (χ4v) is 4.22. The van der Waals surface area contributed by atoms with Crippen LogP contribution in [0.5, 0.6) is 0 Å². The van der Waals surface area contributed by atoms with Crippen molar-refractivity contribution >= 4 is 33.5 Å². The highest BCUT2D eigenvalue weighted by molar-refractivity contribution is 7.89. The molecule has 0 aliphatic carbocycles. The Labute approximate surface area is 146 Å². The number of benzene rings is 1. The van der Waals surface area contributed by atoms with Gasteiger partial charge in [-0.2, -0.15) is 0 Å². The summed E-state index contributed by atoms with van der Waals surface area (Å²) >= 11 is 0. The maximum absolute atomic E-state index is 12.6. The summed E-state index contributed by atoms with van der Waals surface area (Å²) in [5.74, 6) is 0. The molecule has 1 fully saturated rings. The molecule has 0 unspecified atom stereocenters. The van der Waals surface area contributed by atoms with E-state index in [0.29, 0.717) is 24.1 Å². The van der Waals surface area contributed by atoms with E-state index in [1.807, 2.05) is 0 Å². The highest BCUT2D eigenvalue weighted by atomic mass is 35.5. The van der Waals surface area contributed by atoms with Gasteiger partial charge in [0.25, 0.3) is 0 Å². The van der Waals surface area contributed by atoms with Gasteiger partial charge < -0.3 is 10.1 Å². The monoisotopic (exact) mass is 376 g/mol. The average Bonchev–Trinajstić information content (AvgIpc) is 3.05. The van der Waals surface area contributed by atoms with Crippen molar-refractivity contribution in [1.82, 2.24) is 19.2 Å². The van der Waals surface area contributed by atoms with Crippen molar-refractivity contribution in [3.05, 3.63) is 28.7 Å². The molecule has 8 nitrogen and oxygen atoms in total. The third kappa shape index (κ3) is 3.09. The second kappa shape index (κ2) is 6.85. The molecular weight excluding hydrogens is 356 g/mol. The van der Waals surface area contributed by atoms with Crippen molar-refractivity contribution in [3.8, 4) is 0 Å². The summed E-state index contributed by atoms with van der Waals surface area (Å²) in [6.07, 6.45) is -0.199. The van der Waals surface area contributed by atoms with Crippen LogP contribution >= 0.6 is 12.4 Å². The molecule has 1 aliphatic rings. The van der Waals surface area contributed by atoms with Crippen LogP contribution in [0.15, 0.2) is 27.9 Å². The van der Waals surface area contributed by atoms with Gasteiger partial charge in [0, 0.05) is 34.3 Å². The first-order chi connectivity index (χ1) is 10.8. The number of rotatable bonds is 4. The summed E-state index contributed by atoms with van der Waals surface area (Å²) in [7, 11) is 1.15. The maximum atomic E-state index is 12.6. The minimum atomic E-state index is -3.69. The van der Waals surface area contributed by atoms with Gasteiger partial charge in [0.15, 0.2) is 0 Å². The predicted octanol–water partition coefficient (Wildman–Crippen LogP) is -0.436. The average molecular weight is 377 g/mol. The molecule has 134 valence electrons. The van der Waals surface area contributed by atoms with Crippen molar-refractivity contribution < 1.29 is 13.2 Å². The molecule has 0 amide bonds. The minimum Gasteiger partial charge on any atom is -0.378 e. The van der Waals surface area contributed by atoms with Crippen molar-refractivity contribution in [2.24, 2.45) is 14.1 Å². The van der Waals surface area contributed by atoms with Crippen molar-refractivity contribution in [2.45, 2.75) is 17.0 Å². The summed E-state index contributed by atoms with van der Waals surface area (Å²) < 4.78 is 36.1. The van der Waals surface area contributed by atoms with Gasteiger partial charge in [-0.3, -0.25) is 9.13 Å². The number of ether oxygens (including phenoxy) is 1. The first-order valence-corrected chi connectivity index (χ1v) is 8.75. The van der Waals surface area contributed by atoms with E-state index in [0.717, 1.165) is 0 Å². The number of nitrogens with one attached hydrogen (secondary N) is 2. The Bertz CT molecular complexity index is 905. The molecular formula is C14H21ClN4O4S. The first kappa shape index (κ1) is 18.9. The second-order valence-electron chi connectivity index (χ2n) is 5.71. The van der Waals surface area contributed by atoms with Crippen molar-refractivity contribution in [3.63, 3.8) is 0 Å². The van der Waals surface area contributed by atoms with Crippen LogP contribution in [0.25, 0.3) is 11.0 Å². The molecule has 2 heterocycles. The van der Waals surface area contributed by atoms with Crippen LogP contribution in [0, 0.1) is 0 Å². The Morgan fingerprint density at radius 3 is 2.54 bits per heavy atom. The van der Waals surface area contributed by atoms with Gasteiger partial charge in [-0.1, -0.05) is 0 Å². The van der Waals surface area contributed by atoms with E-state index in [1.54, 1.807) is 27.3 Å². The molecule has 3 rings (SSSR count). The van der Waals surface area contributed by atoms with Crippen molar-refractivity contribution in [1.29, 1.82) is 0 Å². The van der Waals surface area contributed by atoms with Gasteiger partial charge in [0.05, 0.1) is 28.1 Å². The van der Waals surface area contributed by atoms with E-state index >= 15 is 0 Å². The SMILES string of the molecule is CO[C@H]1CNC[C@@H]1NS(=O)(=O)c1ccc2c(c1)n(C)c(=O)n2C.Cl. The third-order valence-electron chi connectivity index (χ3n) is 4.32. The number of methoxy groups -OCH3 is 1. The van der Waals surface area contributed by atoms with Crippen LogP contribution in [-0.4, -0.2) is 49.9 Å². The molecule has 0 bridgehead atoms. The zero-order valence-electron chi connectivity index (χ0n) is 13.6. The smallest absolute Gasteiger partial charge is 0.328 e. The van der Waals surface area contributed by atoms with E-state index < -0.39 is 10.0 Å². The van der Waals surface area contributed by atoms with Crippen LogP contribution in [0.4, 0.5) is 0 Å². The number of hydrogen-bond acceptors (Lipinski definition) is 5. The Morgan fingerprint density at radius 2 is 1.88 bits per heavy atom. The number of hydrogen-bond donors (Lipinski definition) is 2. The molecule has 0 spiro atoms. The van der Waals surface area contributed by atoms with E-state index in [4.69, 9.17) is 4.74 Å². The number of fused-ring (bicyclic) bond motifs is 1. The zero-order chi connectivity index (χ0) is 16.8.